The number of fused-ring (bicyclic) bond motifs is 1. The molecule has 0 bridgehead atoms. The Kier molecular flexibility index (Phi) is 4.35. The van der Waals surface area contributed by atoms with Gasteiger partial charge in [0.25, 0.3) is 0 Å². The van der Waals surface area contributed by atoms with E-state index in [9.17, 15) is 24.1 Å². The number of nitrogen functional groups attached to an aromatic ring is 1. The Balaban J connectivity index is 1.76. The Morgan fingerprint density at radius 1 is 1.24 bits per heavy atom. The van der Waals surface area contributed by atoms with Gasteiger partial charge in [-0.05, 0) is 37.6 Å². The highest BCUT2D eigenvalue weighted by atomic mass is 19.2. The summed E-state index contributed by atoms with van der Waals surface area (Å²) in [5, 5.41) is 33.4. The van der Waals surface area contributed by atoms with Crippen LogP contribution in [0.15, 0.2) is 36.8 Å². The molecule has 4 rings (SSSR count). The topological polar surface area (TPSA) is 127 Å². The molecule has 1 aliphatic heterocycles. The number of nitrogens with two attached hydrogens (primary N) is 1. The second-order valence-electron chi connectivity index (χ2n) is 7.57. The van der Waals surface area contributed by atoms with E-state index in [1.165, 1.54) is 30.8 Å². The van der Waals surface area contributed by atoms with E-state index in [1.807, 2.05) is 0 Å². The number of hydrogen-bond donors (Lipinski definition) is 4. The van der Waals surface area contributed by atoms with Crippen molar-refractivity contribution in [1.29, 1.82) is 0 Å². The predicted octanol–water partition coefficient (Wildman–Crippen LogP) is 1.21. The molecule has 3 aromatic rings. The molecule has 29 heavy (non-hydrogen) atoms. The average Bonchev–Trinajstić information content (AvgIpc) is 3.18. The van der Waals surface area contributed by atoms with Gasteiger partial charge in [0.15, 0.2) is 17.9 Å². The first-order chi connectivity index (χ1) is 13.5. The fraction of sp³-hybridized carbons (Fsp3) is 0.368. The molecule has 2 aromatic heterocycles. The normalized spacial score (nSPS) is 29.3. The van der Waals surface area contributed by atoms with Crippen molar-refractivity contribution < 1.29 is 28.8 Å². The maximum Gasteiger partial charge on any atom is 0.164 e. The van der Waals surface area contributed by atoms with Crippen LogP contribution in [-0.2, 0) is 10.3 Å². The zero-order valence-corrected chi connectivity index (χ0v) is 15.6. The summed E-state index contributed by atoms with van der Waals surface area (Å²) in [6, 6.07) is 4.52. The van der Waals surface area contributed by atoms with E-state index in [0.717, 1.165) is 12.1 Å². The van der Waals surface area contributed by atoms with Gasteiger partial charge in [0, 0.05) is 6.20 Å². The smallest absolute Gasteiger partial charge is 0.164 e. The van der Waals surface area contributed by atoms with E-state index in [4.69, 9.17) is 10.5 Å². The van der Waals surface area contributed by atoms with Crippen LogP contribution in [0.25, 0.3) is 11.0 Å². The van der Waals surface area contributed by atoms with Crippen LogP contribution in [-0.4, -0.2) is 47.7 Å². The van der Waals surface area contributed by atoms with E-state index in [0.29, 0.717) is 11.0 Å². The molecule has 5 N–H and O–H groups in total. The van der Waals surface area contributed by atoms with Crippen LogP contribution in [0, 0.1) is 11.6 Å². The minimum Gasteiger partial charge on any atom is -0.385 e. The number of halogens is 2. The quantitative estimate of drug-likeness (QED) is 0.515. The molecule has 0 aliphatic carbocycles. The van der Waals surface area contributed by atoms with Gasteiger partial charge in [0.2, 0.25) is 0 Å². The van der Waals surface area contributed by atoms with Gasteiger partial charge in [-0.3, -0.25) is 0 Å². The molecule has 1 aliphatic rings. The first-order valence-electron chi connectivity index (χ1n) is 8.86. The van der Waals surface area contributed by atoms with Gasteiger partial charge in [-0.25, -0.2) is 18.7 Å². The highest BCUT2D eigenvalue weighted by Crippen LogP contribution is 2.46. The van der Waals surface area contributed by atoms with Crippen molar-refractivity contribution in [2.75, 3.05) is 5.73 Å². The number of anilines is 1. The fourth-order valence-electron chi connectivity index (χ4n) is 3.87. The predicted molar refractivity (Wildman–Crippen MR) is 98.4 cm³/mol. The molecule has 1 fully saturated rings. The van der Waals surface area contributed by atoms with Gasteiger partial charge < -0.3 is 30.4 Å². The third-order valence-corrected chi connectivity index (χ3v) is 5.50. The number of aliphatic hydroxyl groups is 3. The first-order valence-corrected chi connectivity index (χ1v) is 8.86. The van der Waals surface area contributed by atoms with Crippen molar-refractivity contribution >= 4 is 16.9 Å². The number of ether oxygens (including phenoxy) is 1. The number of aliphatic hydroxyl groups excluding tert-OH is 1. The van der Waals surface area contributed by atoms with Gasteiger partial charge in [0.05, 0.1) is 5.39 Å². The summed E-state index contributed by atoms with van der Waals surface area (Å²) >= 11 is 0. The molecule has 5 atom stereocenters. The monoisotopic (exact) mass is 406 g/mol. The lowest BCUT2D eigenvalue weighted by Gasteiger charge is -2.37. The molecule has 10 heteroatoms. The summed E-state index contributed by atoms with van der Waals surface area (Å²) in [5.74, 6) is -1.99. The molecule has 0 radical (unpaired) electrons. The number of aromatic nitrogens is 3. The van der Waals surface area contributed by atoms with Gasteiger partial charge in [0.1, 0.15) is 41.2 Å². The summed E-state index contributed by atoms with van der Waals surface area (Å²) in [7, 11) is 0. The van der Waals surface area contributed by atoms with Gasteiger partial charge in [-0.15, -0.1) is 0 Å². The molecular formula is C19H20F2N4O4. The van der Waals surface area contributed by atoms with Gasteiger partial charge in [-0.2, -0.15) is 0 Å². The van der Waals surface area contributed by atoms with Crippen LogP contribution in [0.3, 0.4) is 0 Å². The minimum absolute atomic E-state index is 0.0153. The van der Waals surface area contributed by atoms with Gasteiger partial charge >= 0.3 is 0 Å². The van der Waals surface area contributed by atoms with Crippen LogP contribution in [0.4, 0.5) is 14.6 Å². The van der Waals surface area contributed by atoms with Crippen molar-refractivity contribution in [2.45, 2.75) is 43.5 Å². The van der Waals surface area contributed by atoms with Crippen molar-refractivity contribution in [3.63, 3.8) is 0 Å². The van der Waals surface area contributed by atoms with E-state index >= 15 is 0 Å². The van der Waals surface area contributed by atoms with Crippen molar-refractivity contribution in [3.05, 3.63) is 54.0 Å². The summed E-state index contributed by atoms with van der Waals surface area (Å²) in [6.45, 7) is 2.59. The summed E-state index contributed by atoms with van der Waals surface area (Å²) < 4.78 is 34.3. The standard InChI is InChI=1S/C19H20F2N4O4/c1-18(27,9-3-4-11(20)12(21)7-9)17-19(2,28)13(26)16(29-17)25-6-5-10-14(22)23-8-24-15(10)25/h3-8,13,16-17,26-28H,1-2H3,(H2,22,23,24)/t13-,16+,17+,18?,19-/m0/s1. The van der Waals surface area contributed by atoms with E-state index in [1.54, 1.807) is 12.3 Å². The third-order valence-electron chi connectivity index (χ3n) is 5.50. The van der Waals surface area contributed by atoms with E-state index in [-0.39, 0.29) is 11.4 Å². The molecular weight excluding hydrogens is 386 g/mol. The third kappa shape index (κ3) is 2.87. The Morgan fingerprint density at radius 3 is 2.66 bits per heavy atom. The maximum atomic E-state index is 13.7. The Hall–Kier alpha value is -2.66. The van der Waals surface area contributed by atoms with Crippen molar-refractivity contribution in [3.8, 4) is 0 Å². The zero-order valence-electron chi connectivity index (χ0n) is 15.6. The summed E-state index contributed by atoms with van der Waals surface area (Å²) in [6.07, 6.45) is -1.16. The lowest BCUT2D eigenvalue weighted by Crippen LogP contribution is -2.53. The molecule has 8 nitrogen and oxygen atoms in total. The van der Waals surface area contributed by atoms with Crippen LogP contribution in [0.5, 0.6) is 0 Å². The number of rotatable bonds is 3. The van der Waals surface area contributed by atoms with Crippen LogP contribution in [0.2, 0.25) is 0 Å². The summed E-state index contributed by atoms with van der Waals surface area (Å²) in [4.78, 5) is 8.04. The number of hydrogen-bond acceptors (Lipinski definition) is 7. The largest absolute Gasteiger partial charge is 0.385 e. The molecule has 1 saturated heterocycles. The molecule has 154 valence electrons. The number of nitrogens with zero attached hydrogens (tertiary/aromatic N) is 3. The second kappa shape index (κ2) is 6.42. The molecule has 0 spiro atoms. The highest BCUT2D eigenvalue weighted by molar-refractivity contribution is 5.86. The SMILES string of the molecule is CC(O)(c1ccc(F)c(F)c1)[C@H]1O[C@@H](n2ccc3c(N)ncnc32)[C@H](O)[C@]1(C)O. The highest BCUT2D eigenvalue weighted by Gasteiger charge is 2.59. The lowest BCUT2D eigenvalue weighted by molar-refractivity contribution is -0.161. The van der Waals surface area contributed by atoms with Gasteiger partial charge in [-0.1, -0.05) is 6.07 Å². The van der Waals surface area contributed by atoms with E-state index in [2.05, 4.69) is 9.97 Å². The van der Waals surface area contributed by atoms with E-state index < -0.39 is 41.3 Å². The molecule has 0 amide bonds. The fourth-order valence-corrected chi connectivity index (χ4v) is 3.87. The zero-order chi connectivity index (χ0) is 21.1. The lowest BCUT2D eigenvalue weighted by atomic mass is 9.80. The van der Waals surface area contributed by atoms with Crippen LogP contribution >= 0.6 is 0 Å². The molecule has 1 unspecified atom stereocenters. The minimum atomic E-state index is -1.95. The Bertz CT molecular complexity index is 1090. The molecule has 3 heterocycles. The van der Waals surface area contributed by atoms with Crippen molar-refractivity contribution in [1.82, 2.24) is 14.5 Å². The first kappa shape index (κ1) is 19.6. The maximum absolute atomic E-state index is 13.7. The molecule has 0 saturated carbocycles. The second-order valence-corrected chi connectivity index (χ2v) is 7.57. The summed E-state index contributed by atoms with van der Waals surface area (Å²) in [5.41, 5.74) is 2.29. The van der Waals surface area contributed by atoms with Crippen molar-refractivity contribution in [2.24, 2.45) is 0 Å². The van der Waals surface area contributed by atoms with Crippen LogP contribution in [0.1, 0.15) is 25.6 Å². The average molecular weight is 406 g/mol. The molecule has 1 aromatic carbocycles. The Labute approximate surface area is 164 Å². The Morgan fingerprint density at radius 2 is 1.97 bits per heavy atom. The van der Waals surface area contributed by atoms with Crippen LogP contribution < -0.4 is 5.73 Å². The number of benzene rings is 1.